The Labute approximate surface area is 125 Å². The van der Waals surface area contributed by atoms with Gasteiger partial charge < -0.3 is 10.1 Å². The number of rotatable bonds is 4. The topological polar surface area (TPSA) is 55.4 Å². The molecule has 22 heavy (non-hydrogen) atoms. The van der Waals surface area contributed by atoms with Crippen LogP contribution < -0.4 is 5.32 Å². The molecule has 120 valence electrons. The molecule has 1 amide bonds. The second-order valence-electron chi connectivity index (χ2n) is 5.14. The molecule has 7 heteroatoms. The lowest BCUT2D eigenvalue weighted by atomic mass is 10.0. The quantitative estimate of drug-likeness (QED) is 0.686. The van der Waals surface area contributed by atoms with Gasteiger partial charge in [0.05, 0.1) is 12.2 Å². The van der Waals surface area contributed by atoms with Gasteiger partial charge in [-0.15, -0.1) is 0 Å². The van der Waals surface area contributed by atoms with E-state index < -0.39 is 23.6 Å². The van der Waals surface area contributed by atoms with Crippen molar-refractivity contribution in [3.05, 3.63) is 34.9 Å². The van der Waals surface area contributed by atoms with E-state index in [0.717, 1.165) is 25.0 Å². The Morgan fingerprint density at radius 3 is 2.50 bits per heavy atom. The molecule has 0 unspecified atom stereocenters. The summed E-state index contributed by atoms with van der Waals surface area (Å²) in [6.07, 6.45) is -2.70. The van der Waals surface area contributed by atoms with Crippen molar-refractivity contribution in [2.24, 2.45) is 0 Å². The van der Waals surface area contributed by atoms with Gasteiger partial charge in [-0.25, -0.2) is 4.79 Å². The molecule has 1 aliphatic carbocycles. The van der Waals surface area contributed by atoms with Crippen molar-refractivity contribution in [3.63, 3.8) is 0 Å². The fourth-order valence-electron chi connectivity index (χ4n) is 2.09. The Hall–Kier alpha value is -2.05. The van der Waals surface area contributed by atoms with Gasteiger partial charge in [0.2, 0.25) is 0 Å². The van der Waals surface area contributed by atoms with Gasteiger partial charge in [0.15, 0.2) is 0 Å². The third kappa shape index (κ3) is 4.22. The van der Waals surface area contributed by atoms with Crippen LogP contribution in [0.4, 0.5) is 13.2 Å². The number of esters is 1. The Kier molecular flexibility index (Phi) is 4.73. The summed E-state index contributed by atoms with van der Waals surface area (Å²) in [5.74, 6) is -1.86. The average Bonchev–Trinajstić information content (AvgIpc) is 3.28. The summed E-state index contributed by atoms with van der Waals surface area (Å²) in [7, 11) is 0. The van der Waals surface area contributed by atoms with E-state index in [1.54, 1.807) is 13.0 Å². The van der Waals surface area contributed by atoms with Gasteiger partial charge in [-0.3, -0.25) is 4.79 Å². The number of ether oxygens (including phenoxy) is 1. The largest absolute Gasteiger partial charge is 0.459 e. The zero-order valence-electron chi connectivity index (χ0n) is 12.0. The molecule has 0 aromatic heterocycles. The van der Waals surface area contributed by atoms with Crippen LogP contribution in [0.1, 0.15) is 42.4 Å². The Balaban J connectivity index is 2.11. The lowest BCUT2D eigenvalue weighted by Crippen LogP contribution is -2.32. The highest BCUT2D eigenvalue weighted by Gasteiger charge is 2.33. The first-order chi connectivity index (χ1) is 10.3. The number of carbonyl (C=O) groups is 2. The number of benzene rings is 1. The molecule has 0 saturated heterocycles. The van der Waals surface area contributed by atoms with Crippen LogP contribution in [-0.2, 0) is 27.0 Å². The molecule has 1 N–H and O–H groups in total. The fraction of sp³-hybridized carbons (Fsp3) is 0.467. The monoisotopic (exact) mass is 315 g/mol. The molecule has 4 nitrogen and oxygen atoms in total. The summed E-state index contributed by atoms with van der Waals surface area (Å²) in [6.45, 7) is 1.46. The van der Waals surface area contributed by atoms with Crippen molar-refractivity contribution >= 4 is 11.9 Å². The molecule has 0 atom stereocenters. The molecule has 0 bridgehead atoms. The van der Waals surface area contributed by atoms with E-state index in [1.165, 1.54) is 0 Å². The standard InChI is InChI=1S/C15H16F3NO3/c1-2-22-14(21)13(20)19-8-9-5-11(10-3-4-10)7-12(6-9)15(16,17)18/h5-7,10H,2-4,8H2,1H3,(H,19,20). The maximum Gasteiger partial charge on any atom is 0.416 e. The van der Waals surface area contributed by atoms with Gasteiger partial charge in [0.25, 0.3) is 0 Å². The number of alkyl halides is 3. The minimum Gasteiger partial charge on any atom is -0.459 e. The summed E-state index contributed by atoms with van der Waals surface area (Å²) >= 11 is 0. The highest BCUT2D eigenvalue weighted by molar-refractivity contribution is 6.32. The van der Waals surface area contributed by atoms with Crippen LogP contribution in [0.25, 0.3) is 0 Å². The summed E-state index contributed by atoms with van der Waals surface area (Å²) in [6, 6.07) is 3.77. The Morgan fingerprint density at radius 1 is 1.27 bits per heavy atom. The molecular weight excluding hydrogens is 299 g/mol. The van der Waals surface area contributed by atoms with E-state index in [9.17, 15) is 22.8 Å². The van der Waals surface area contributed by atoms with Crippen molar-refractivity contribution in [1.82, 2.24) is 5.32 Å². The highest BCUT2D eigenvalue weighted by atomic mass is 19.4. The predicted octanol–water partition coefficient (Wildman–Crippen LogP) is 2.76. The van der Waals surface area contributed by atoms with E-state index in [2.05, 4.69) is 10.1 Å². The molecule has 0 heterocycles. The SMILES string of the molecule is CCOC(=O)C(=O)NCc1cc(C2CC2)cc(C(F)(F)F)c1. The second kappa shape index (κ2) is 6.37. The van der Waals surface area contributed by atoms with Crippen LogP contribution >= 0.6 is 0 Å². The Bertz CT molecular complexity index is 580. The van der Waals surface area contributed by atoms with Crippen molar-refractivity contribution in [1.29, 1.82) is 0 Å². The smallest absolute Gasteiger partial charge is 0.416 e. The zero-order valence-corrected chi connectivity index (χ0v) is 12.0. The first-order valence-electron chi connectivity index (χ1n) is 6.97. The number of hydrogen-bond donors (Lipinski definition) is 1. The molecule has 0 aliphatic heterocycles. The van der Waals surface area contributed by atoms with Crippen molar-refractivity contribution in [3.8, 4) is 0 Å². The van der Waals surface area contributed by atoms with E-state index in [-0.39, 0.29) is 19.1 Å². The van der Waals surface area contributed by atoms with Crippen LogP contribution in [-0.4, -0.2) is 18.5 Å². The van der Waals surface area contributed by atoms with E-state index in [0.29, 0.717) is 11.1 Å². The van der Waals surface area contributed by atoms with Crippen molar-refractivity contribution in [2.75, 3.05) is 6.61 Å². The summed E-state index contributed by atoms with van der Waals surface area (Å²) < 4.78 is 43.2. The van der Waals surface area contributed by atoms with Gasteiger partial charge in [-0.2, -0.15) is 13.2 Å². The maximum absolute atomic E-state index is 12.9. The van der Waals surface area contributed by atoms with E-state index in [4.69, 9.17) is 0 Å². The van der Waals surface area contributed by atoms with Gasteiger partial charge in [-0.05, 0) is 48.9 Å². The second-order valence-corrected chi connectivity index (χ2v) is 5.14. The van der Waals surface area contributed by atoms with Crippen LogP contribution in [0.5, 0.6) is 0 Å². The molecule has 0 spiro atoms. The van der Waals surface area contributed by atoms with Gasteiger partial charge >= 0.3 is 18.1 Å². The molecule has 1 aromatic rings. The number of nitrogens with one attached hydrogen (secondary N) is 1. The number of carbonyl (C=O) groups excluding carboxylic acids is 2. The summed E-state index contributed by atoms with van der Waals surface area (Å²) in [5, 5.41) is 2.27. The summed E-state index contributed by atoms with van der Waals surface area (Å²) in [5.41, 5.74) is 0.196. The fourth-order valence-corrected chi connectivity index (χ4v) is 2.09. The van der Waals surface area contributed by atoms with Crippen molar-refractivity contribution in [2.45, 2.75) is 38.4 Å². The van der Waals surface area contributed by atoms with Crippen LogP contribution in [0.2, 0.25) is 0 Å². The van der Waals surface area contributed by atoms with E-state index in [1.807, 2.05) is 0 Å². The van der Waals surface area contributed by atoms with Gasteiger partial charge in [0, 0.05) is 6.54 Å². The molecule has 1 aromatic carbocycles. The number of amides is 1. The predicted molar refractivity (Wildman–Crippen MR) is 71.9 cm³/mol. The average molecular weight is 315 g/mol. The maximum atomic E-state index is 12.9. The van der Waals surface area contributed by atoms with Crippen LogP contribution in [0.3, 0.4) is 0 Å². The zero-order chi connectivity index (χ0) is 16.3. The number of hydrogen-bond acceptors (Lipinski definition) is 3. The molecule has 1 fully saturated rings. The number of halogens is 3. The van der Waals surface area contributed by atoms with Crippen LogP contribution in [0.15, 0.2) is 18.2 Å². The lowest BCUT2D eigenvalue weighted by Gasteiger charge is -2.12. The summed E-state index contributed by atoms with van der Waals surface area (Å²) in [4.78, 5) is 22.6. The molecule has 0 radical (unpaired) electrons. The highest BCUT2D eigenvalue weighted by Crippen LogP contribution is 2.42. The third-order valence-corrected chi connectivity index (χ3v) is 3.31. The minimum atomic E-state index is -4.44. The molecule has 1 saturated carbocycles. The normalized spacial score (nSPS) is 14.5. The first-order valence-corrected chi connectivity index (χ1v) is 6.97. The van der Waals surface area contributed by atoms with E-state index >= 15 is 0 Å². The third-order valence-electron chi connectivity index (χ3n) is 3.31. The minimum absolute atomic E-state index is 0.0572. The molecular formula is C15H16F3NO3. The van der Waals surface area contributed by atoms with Gasteiger partial charge in [-0.1, -0.05) is 6.07 Å². The van der Waals surface area contributed by atoms with Gasteiger partial charge in [0.1, 0.15) is 0 Å². The van der Waals surface area contributed by atoms with Crippen molar-refractivity contribution < 1.29 is 27.5 Å². The molecule has 1 aliphatic rings. The van der Waals surface area contributed by atoms with Crippen LogP contribution in [0, 0.1) is 0 Å². The Morgan fingerprint density at radius 2 is 1.95 bits per heavy atom. The lowest BCUT2D eigenvalue weighted by molar-refractivity contribution is -0.154. The first kappa shape index (κ1) is 16.3. The molecule has 2 rings (SSSR count).